The molecule has 2 aromatic heterocycles. The van der Waals surface area contributed by atoms with E-state index in [1.807, 2.05) is 0 Å². The molecule has 9 nitrogen and oxygen atoms in total. The number of carboxylic acid groups (broad SMARTS) is 1. The van der Waals surface area contributed by atoms with Gasteiger partial charge in [-0.1, -0.05) is 18.1 Å². The van der Waals surface area contributed by atoms with Crippen LogP contribution in [-0.2, 0) is 12.7 Å². The van der Waals surface area contributed by atoms with Gasteiger partial charge in [0.2, 0.25) is 0 Å². The van der Waals surface area contributed by atoms with Crippen LogP contribution in [0.4, 0.5) is 23.7 Å². The lowest BCUT2D eigenvalue weighted by atomic mass is 10.0. The summed E-state index contributed by atoms with van der Waals surface area (Å²) in [4.78, 5) is 31.2. The molecule has 3 heterocycles. The van der Waals surface area contributed by atoms with Gasteiger partial charge in [0, 0.05) is 55.7 Å². The molecule has 0 spiro atoms. The number of benzene rings is 2. The summed E-state index contributed by atoms with van der Waals surface area (Å²) in [6.07, 6.45) is -2.48. The van der Waals surface area contributed by atoms with Crippen LogP contribution in [0.3, 0.4) is 0 Å². The molecule has 2 aromatic carbocycles. The molecule has 0 atom stereocenters. The van der Waals surface area contributed by atoms with Crippen molar-refractivity contribution in [1.29, 1.82) is 0 Å². The fourth-order valence-electron chi connectivity index (χ4n) is 4.39. The smallest absolute Gasteiger partial charge is 0.416 e. The Bertz CT molecular complexity index is 1630. The maximum absolute atomic E-state index is 13.9. The number of nitrogens with zero attached hydrogens (tertiary/aromatic N) is 5. The van der Waals surface area contributed by atoms with Crippen LogP contribution in [0, 0.1) is 11.8 Å². The van der Waals surface area contributed by atoms with E-state index >= 15 is 0 Å². The molecule has 1 saturated heterocycles. The summed E-state index contributed by atoms with van der Waals surface area (Å²) in [7, 11) is 0. The van der Waals surface area contributed by atoms with Gasteiger partial charge in [-0.2, -0.15) is 18.3 Å². The average molecular weight is 549 g/mol. The van der Waals surface area contributed by atoms with Crippen molar-refractivity contribution in [3.63, 3.8) is 0 Å². The summed E-state index contributed by atoms with van der Waals surface area (Å²) >= 11 is 0. The quantitative estimate of drug-likeness (QED) is 0.371. The summed E-state index contributed by atoms with van der Waals surface area (Å²) in [5.41, 5.74) is 1.18. The first-order valence-corrected chi connectivity index (χ1v) is 12.3. The number of amides is 2. The van der Waals surface area contributed by atoms with E-state index in [0.29, 0.717) is 30.0 Å². The molecule has 0 bridgehead atoms. The second-order valence-electron chi connectivity index (χ2n) is 9.14. The number of aromatic nitrogens is 3. The second-order valence-corrected chi connectivity index (χ2v) is 9.14. The molecule has 1 aliphatic heterocycles. The van der Waals surface area contributed by atoms with E-state index in [0.717, 1.165) is 6.07 Å². The van der Waals surface area contributed by atoms with Gasteiger partial charge in [-0.05, 0) is 53.9 Å². The standard InChI is InChI=1S/C28H23F3N6O3/c29-28(30,31)24-16-22(8-7-21(24)18-35-11-13-36(14-12-35)27(39)40)34-26(38)20-4-1-3-19(15-20)6-9-23-17-32-25-5-2-10-33-37(23)25/h1-5,7-8,10,15-17H,11-14,18H2,(H,34,38)(H,39,40). The molecule has 4 aromatic rings. The lowest BCUT2D eigenvalue weighted by Gasteiger charge is -2.33. The van der Waals surface area contributed by atoms with Crippen LogP contribution >= 0.6 is 0 Å². The topological polar surface area (TPSA) is 103 Å². The number of halogens is 3. The molecule has 0 radical (unpaired) electrons. The SMILES string of the molecule is O=C(Nc1ccc(CN2CCN(C(=O)O)CC2)c(C(F)(F)F)c1)c1cccc(C#Cc2cnc3cccnn23)c1. The molecular weight excluding hydrogens is 525 g/mol. The van der Waals surface area contributed by atoms with Gasteiger partial charge in [0.1, 0.15) is 5.69 Å². The molecule has 1 aliphatic rings. The zero-order valence-electron chi connectivity index (χ0n) is 21.0. The van der Waals surface area contributed by atoms with Crippen LogP contribution in [-0.4, -0.2) is 67.7 Å². The van der Waals surface area contributed by atoms with E-state index in [1.54, 1.807) is 58.2 Å². The Labute approximate surface area is 226 Å². The zero-order valence-corrected chi connectivity index (χ0v) is 21.0. The van der Waals surface area contributed by atoms with Crippen molar-refractivity contribution in [3.05, 3.63) is 94.9 Å². The van der Waals surface area contributed by atoms with Gasteiger partial charge in [-0.25, -0.2) is 14.3 Å². The molecule has 40 heavy (non-hydrogen) atoms. The molecule has 0 saturated carbocycles. The number of carbonyl (C=O) groups is 2. The van der Waals surface area contributed by atoms with Crippen LogP contribution in [0.5, 0.6) is 0 Å². The number of anilines is 1. The zero-order chi connectivity index (χ0) is 28.3. The highest BCUT2D eigenvalue weighted by atomic mass is 19.4. The van der Waals surface area contributed by atoms with Gasteiger partial charge in [0.25, 0.3) is 5.91 Å². The van der Waals surface area contributed by atoms with Crippen LogP contribution < -0.4 is 5.32 Å². The minimum atomic E-state index is -4.64. The fourth-order valence-corrected chi connectivity index (χ4v) is 4.39. The van der Waals surface area contributed by atoms with Crippen molar-refractivity contribution < 1.29 is 27.9 Å². The van der Waals surface area contributed by atoms with Gasteiger partial charge in [-0.15, -0.1) is 0 Å². The van der Waals surface area contributed by atoms with E-state index in [2.05, 4.69) is 27.2 Å². The van der Waals surface area contributed by atoms with E-state index in [9.17, 15) is 22.8 Å². The van der Waals surface area contributed by atoms with Crippen molar-refractivity contribution in [2.45, 2.75) is 12.7 Å². The number of fused-ring (bicyclic) bond motifs is 1. The predicted molar refractivity (Wildman–Crippen MR) is 140 cm³/mol. The average Bonchev–Trinajstić information content (AvgIpc) is 3.36. The number of piperazine rings is 1. The Kier molecular flexibility index (Phi) is 7.39. The molecule has 12 heteroatoms. The molecule has 204 valence electrons. The molecule has 5 rings (SSSR count). The van der Waals surface area contributed by atoms with Gasteiger partial charge in [0.05, 0.1) is 11.8 Å². The van der Waals surface area contributed by atoms with E-state index in [1.165, 1.54) is 17.0 Å². The van der Waals surface area contributed by atoms with Crippen molar-refractivity contribution in [2.24, 2.45) is 0 Å². The summed E-state index contributed by atoms with van der Waals surface area (Å²) < 4.78 is 43.3. The van der Waals surface area contributed by atoms with Gasteiger partial charge in [-0.3, -0.25) is 9.69 Å². The summed E-state index contributed by atoms with van der Waals surface area (Å²) in [5.74, 6) is 5.35. The van der Waals surface area contributed by atoms with Crippen molar-refractivity contribution in [1.82, 2.24) is 24.4 Å². The third-order valence-electron chi connectivity index (χ3n) is 6.45. The van der Waals surface area contributed by atoms with Gasteiger partial charge < -0.3 is 15.3 Å². The Balaban J connectivity index is 1.30. The van der Waals surface area contributed by atoms with E-state index in [4.69, 9.17) is 5.11 Å². The number of alkyl halides is 3. The third-order valence-corrected chi connectivity index (χ3v) is 6.45. The lowest BCUT2D eigenvalue weighted by Crippen LogP contribution is -2.47. The maximum Gasteiger partial charge on any atom is 0.416 e. The van der Waals surface area contributed by atoms with Crippen LogP contribution in [0.15, 0.2) is 67.0 Å². The number of imidazole rings is 1. The van der Waals surface area contributed by atoms with Crippen molar-refractivity contribution in [3.8, 4) is 11.8 Å². The Hall–Kier alpha value is -4.89. The summed E-state index contributed by atoms with van der Waals surface area (Å²) in [6.45, 7) is 1.12. The Morgan fingerprint density at radius 1 is 1.00 bits per heavy atom. The number of hydrogen-bond acceptors (Lipinski definition) is 5. The normalized spacial score (nSPS) is 14.0. The molecule has 2 amide bonds. The van der Waals surface area contributed by atoms with Crippen LogP contribution in [0.1, 0.15) is 32.7 Å². The first-order chi connectivity index (χ1) is 19.2. The lowest BCUT2D eigenvalue weighted by molar-refractivity contribution is -0.138. The molecule has 0 aliphatic carbocycles. The molecule has 1 fully saturated rings. The van der Waals surface area contributed by atoms with Crippen LogP contribution in [0.25, 0.3) is 5.65 Å². The Morgan fingerprint density at radius 3 is 2.55 bits per heavy atom. The predicted octanol–water partition coefficient (Wildman–Crippen LogP) is 4.20. The van der Waals surface area contributed by atoms with E-state index < -0.39 is 23.7 Å². The summed E-state index contributed by atoms with van der Waals surface area (Å²) in [5, 5.41) is 15.8. The summed E-state index contributed by atoms with van der Waals surface area (Å²) in [6, 6.07) is 13.7. The van der Waals surface area contributed by atoms with Gasteiger partial charge in [0.15, 0.2) is 5.65 Å². The van der Waals surface area contributed by atoms with E-state index in [-0.39, 0.29) is 36.4 Å². The van der Waals surface area contributed by atoms with Gasteiger partial charge >= 0.3 is 12.3 Å². The second kappa shape index (κ2) is 11.1. The van der Waals surface area contributed by atoms with Crippen molar-refractivity contribution in [2.75, 3.05) is 31.5 Å². The molecule has 0 unspecified atom stereocenters. The fraction of sp³-hybridized carbons (Fsp3) is 0.214. The monoisotopic (exact) mass is 548 g/mol. The number of nitrogens with one attached hydrogen (secondary N) is 1. The highest BCUT2D eigenvalue weighted by Crippen LogP contribution is 2.34. The number of hydrogen-bond donors (Lipinski definition) is 2. The van der Waals surface area contributed by atoms with Crippen LogP contribution in [0.2, 0.25) is 0 Å². The Morgan fingerprint density at radius 2 is 1.80 bits per heavy atom. The molecular formula is C28H23F3N6O3. The molecule has 2 N–H and O–H groups in total. The number of rotatable bonds is 4. The first-order valence-electron chi connectivity index (χ1n) is 12.3. The highest BCUT2D eigenvalue weighted by Gasteiger charge is 2.34. The third kappa shape index (κ3) is 6.05. The highest BCUT2D eigenvalue weighted by molar-refractivity contribution is 6.04. The van der Waals surface area contributed by atoms with Crippen molar-refractivity contribution >= 4 is 23.3 Å². The number of carbonyl (C=O) groups excluding carboxylic acids is 1. The maximum atomic E-state index is 13.9. The minimum Gasteiger partial charge on any atom is -0.465 e. The minimum absolute atomic E-state index is 0.00469. The largest absolute Gasteiger partial charge is 0.465 e. The first kappa shape index (κ1) is 26.7.